The number of carbonyl (C=O) groups excluding carboxylic acids is 1. The van der Waals surface area contributed by atoms with E-state index in [1.165, 1.54) is 0 Å². The summed E-state index contributed by atoms with van der Waals surface area (Å²) in [5.74, 6) is 0. The summed E-state index contributed by atoms with van der Waals surface area (Å²) in [6.45, 7) is 0. The molecule has 0 aliphatic rings. The van der Waals surface area contributed by atoms with Gasteiger partial charge in [0.25, 0.3) is 0 Å². The Bertz CT molecular complexity index is 579. The van der Waals surface area contributed by atoms with Gasteiger partial charge in [-0.3, -0.25) is 0 Å². The van der Waals surface area contributed by atoms with Crippen LogP contribution in [-0.2, 0) is 0 Å². The normalized spacial score (nSPS) is 9.95. The lowest BCUT2D eigenvalue weighted by Crippen LogP contribution is -2.19. The molecule has 2 amide bonds. The molecule has 2 N–H and O–H groups in total. The summed E-state index contributed by atoms with van der Waals surface area (Å²) >= 11 is 5.79. The standard InChI is InChI=1S/C15H16ClN3O/c1-19(2)14-9-7-13(8-10-14)18-15(20)17-12-5-3-11(16)4-6-12/h3-10H,1-2H3,(H2,17,18,20). The predicted octanol–water partition coefficient (Wildman–Crippen LogP) is 4.05. The quantitative estimate of drug-likeness (QED) is 0.895. The third-order valence-corrected chi connectivity index (χ3v) is 3.00. The molecule has 0 aliphatic heterocycles. The van der Waals surface area contributed by atoms with Crippen LogP contribution < -0.4 is 15.5 Å². The molecule has 0 saturated heterocycles. The summed E-state index contributed by atoms with van der Waals surface area (Å²) in [6, 6.07) is 14.3. The molecule has 4 nitrogen and oxygen atoms in total. The van der Waals surface area contributed by atoms with Gasteiger partial charge in [-0.2, -0.15) is 0 Å². The van der Waals surface area contributed by atoms with E-state index in [1.54, 1.807) is 24.3 Å². The van der Waals surface area contributed by atoms with Gasteiger partial charge in [0.1, 0.15) is 0 Å². The van der Waals surface area contributed by atoms with Crippen molar-refractivity contribution < 1.29 is 4.79 Å². The Morgan fingerprint density at radius 1 is 0.900 bits per heavy atom. The molecule has 0 radical (unpaired) electrons. The van der Waals surface area contributed by atoms with Crippen molar-refractivity contribution in [3.05, 3.63) is 53.6 Å². The Balaban J connectivity index is 1.95. The maximum Gasteiger partial charge on any atom is 0.323 e. The molecule has 0 aromatic heterocycles. The van der Waals surface area contributed by atoms with Crippen molar-refractivity contribution in [1.29, 1.82) is 0 Å². The van der Waals surface area contributed by atoms with Crippen LogP contribution in [0, 0.1) is 0 Å². The maximum absolute atomic E-state index is 11.8. The Hall–Kier alpha value is -2.20. The Morgan fingerprint density at radius 2 is 1.35 bits per heavy atom. The van der Waals surface area contributed by atoms with Gasteiger partial charge in [-0.25, -0.2) is 4.79 Å². The predicted molar refractivity (Wildman–Crippen MR) is 84.9 cm³/mol. The van der Waals surface area contributed by atoms with Crippen molar-refractivity contribution in [1.82, 2.24) is 0 Å². The molecule has 2 rings (SSSR count). The number of hydrogen-bond donors (Lipinski definition) is 2. The fourth-order valence-electron chi connectivity index (χ4n) is 1.67. The molecule has 2 aromatic rings. The van der Waals surface area contributed by atoms with Crippen LogP contribution in [0.4, 0.5) is 21.9 Å². The van der Waals surface area contributed by atoms with E-state index in [0.29, 0.717) is 10.7 Å². The minimum Gasteiger partial charge on any atom is -0.378 e. The number of halogens is 1. The van der Waals surface area contributed by atoms with Crippen LogP contribution in [0.3, 0.4) is 0 Å². The fourth-order valence-corrected chi connectivity index (χ4v) is 1.80. The summed E-state index contributed by atoms with van der Waals surface area (Å²) in [5.41, 5.74) is 2.51. The van der Waals surface area contributed by atoms with Gasteiger partial charge in [0, 0.05) is 36.2 Å². The van der Waals surface area contributed by atoms with Gasteiger partial charge in [-0.1, -0.05) is 11.6 Å². The van der Waals surface area contributed by atoms with E-state index in [9.17, 15) is 4.79 Å². The van der Waals surface area contributed by atoms with Gasteiger partial charge < -0.3 is 15.5 Å². The highest BCUT2D eigenvalue weighted by Gasteiger charge is 2.03. The van der Waals surface area contributed by atoms with E-state index < -0.39 is 0 Å². The summed E-state index contributed by atoms with van der Waals surface area (Å²) in [7, 11) is 3.94. The van der Waals surface area contributed by atoms with E-state index in [0.717, 1.165) is 11.4 Å². The molecular weight excluding hydrogens is 274 g/mol. The molecule has 20 heavy (non-hydrogen) atoms. The number of hydrogen-bond acceptors (Lipinski definition) is 2. The Morgan fingerprint density at radius 3 is 1.80 bits per heavy atom. The Labute approximate surface area is 123 Å². The monoisotopic (exact) mass is 289 g/mol. The topological polar surface area (TPSA) is 44.4 Å². The number of carbonyl (C=O) groups is 1. The highest BCUT2D eigenvalue weighted by Crippen LogP contribution is 2.17. The van der Waals surface area contributed by atoms with Crippen LogP contribution >= 0.6 is 11.6 Å². The summed E-state index contributed by atoms with van der Waals surface area (Å²) in [4.78, 5) is 13.8. The number of anilines is 3. The number of urea groups is 1. The van der Waals surface area contributed by atoms with Crippen molar-refractivity contribution in [2.24, 2.45) is 0 Å². The van der Waals surface area contributed by atoms with Crippen LogP contribution in [0.15, 0.2) is 48.5 Å². The molecule has 2 aromatic carbocycles. The lowest BCUT2D eigenvalue weighted by Gasteiger charge is -2.13. The minimum atomic E-state index is -0.287. The smallest absolute Gasteiger partial charge is 0.323 e. The molecule has 0 saturated carbocycles. The second kappa shape index (κ2) is 6.30. The minimum absolute atomic E-state index is 0.287. The van der Waals surface area contributed by atoms with Crippen LogP contribution in [0.2, 0.25) is 5.02 Å². The molecule has 0 spiro atoms. The molecule has 0 atom stereocenters. The fraction of sp³-hybridized carbons (Fsp3) is 0.133. The largest absolute Gasteiger partial charge is 0.378 e. The molecule has 104 valence electrons. The maximum atomic E-state index is 11.8. The number of amides is 2. The van der Waals surface area contributed by atoms with Crippen molar-refractivity contribution in [2.45, 2.75) is 0 Å². The van der Waals surface area contributed by atoms with Crippen molar-refractivity contribution >= 4 is 34.7 Å². The third kappa shape index (κ3) is 3.90. The van der Waals surface area contributed by atoms with Gasteiger partial charge in [0.2, 0.25) is 0 Å². The number of nitrogens with zero attached hydrogens (tertiary/aromatic N) is 1. The summed E-state index contributed by atoms with van der Waals surface area (Å²) in [5, 5.41) is 6.14. The van der Waals surface area contributed by atoms with Crippen LogP contribution in [0.1, 0.15) is 0 Å². The second-order valence-corrected chi connectivity index (χ2v) is 4.96. The second-order valence-electron chi connectivity index (χ2n) is 4.53. The summed E-state index contributed by atoms with van der Waals surface area (Å²) in [6.07, 6.45) is 0. The number of rotatable bonds is 3. The van der Waals surface area contributed by atoms with Gasteiger partial charge in [-0.05, 0) is 48.5 Å². The van der Waals surface area contributed by atoms with E-state index in [4.69, 9.17) is 11.6 Å². The SMILES string of the molecule is CN(C)c1ccc(NC(=O)Nc2ccc(Cl)cc2)cc1. The van der Waals surface area contributed by atoms with E-state index in [2.05, 4.69) is 10.6 Å². The highest BCUT2D eigenvalue weighted by atomic mass is 35.5. The van der Waals surface area contributed by atoms with Gasteiger partial charge >= 0.3 is 6.03 Å². The lowest BCUT2D eigenvalue weighted by molar-refractivity contribution is 0.262. The molecule has 0 aliphatic carbocycles. The lowest BCUT2D eigenvalue weighted by atomic mass is 10.2. The Kier molecular flexibility index (Phi) is 4.48. The van der Waals surface area contributed by atoms with Crippen LogP contribution in [0.25, 0.3) is 0 Å². The highest BCUT2D eigenvalue weighted by molar-refractivity contribution is 6.30. The van der Waals surface area contributed by atoms with E-state index in [-0.39, 0.29) is 6.03 Å². The van der Waals surface area contributed by atoms with Crippen molar-refractivity contribution in [2.75, 3.05) is 29.6 Å². The summed E-state index contributed by atoms with van der Waals surface area (Å²) < 4.78 is 0. The van der Waals surface area contributed by atoms with Crippen LogP contribution in [0.5, 0.6) is 0 Å². The average Bonchev–Trinajstić information content (AvgIpc) is 2.42. The molecule has 0 bridgehead atoms. The first-order valence-corrected chi connectivity index (χ1v) is 6.53. The molecular formula is C15H16ClN3O. The average molecular weight is 290 g/mol. The van der Waals surface area contributed by atoms with Gasteiger partial charge in [0.15, 0.2) is 0 Å². The molecule has 0 fully saturated rings. The first-order valence-electron chi connectivity index (χ1n) is 6.15. The zero-order valence-electron chi connectivity index (χ0n) is 11.4. The number of benzene rings is 2. The molecule has 5 heteroatoms. The van der Waals surface area contributed by atoms with Crippen molar-refractivity contribution in [3.63, 3.8) is 0 Å². The van der Waals surface area contributed by atoms with E-state index >= 15 is 0 Å². The first kappa shape index (κ1) is 14.2. The first-order chi connectivity index (χ1) is 9.54. The van der Waals surface area contributed by atoms with Crippen LogP contribution in [-0.4, -0.2) is 20.1 Å². The van der Waals surface area contributed by atoms with Gasteiger partial charge in [-0.15, -0.1) is 0 Å². The molecule has 0 heterocycles. The number of nitrogens with one attached hydrogen (secondary N) is 2. The van der Waals surface area contributed by atoms with Gasteiger partial charge in [0.05, 0.1) is 0 Å². The van der Waals surface area contributed by atoms with E-state index in [1.807, 2.05) is 43.3 Å². The molecule has 0 unspecified atom stereocenters. The third-order valence-electron chi connectivity index (χ3n) is 2.74. The zero-order chi connectivity index (χ0) is 14.5. The van der Waals surface area contributed by atoms with Crippen molar-refractivity contribution in [3.8, 4) is 0 Å². The zero-order valence-corrected chi connectivity index (χ0v) is 12.1.